The van der Waals surface area contributed by atoms with E-state index in [2.05, 4.69) is 10.2 Å². The van der Waals surface area contributed by atoms with Crippen molar-refractivity contribution >= 4 is 5.69 Å². The number of nitrogens with zero attached hydrogens (tertiary/aromatic N) is 2. The van der Waals surface area contributed by atoms with Crippen LogP contribution < -0.4 is 5.73 Å². The Balaban J connectivity index is 2.50. The van der Waals surface area contributed by atoms with Crippen molar-refractivity contribution in [2.24, 2.45) is 0 Å². The SMILES string of the molecule is CC(C)(C)c1nnc(-c2cc(F)c(F)cc2N)o1. The van der Waals surface area contributed by atoms with E-state index in [4.69, 9.17) is 10.2 Å². The first-order valence-electron chi connectivity index (χ1n) is 5.38. The highest BCUT2D eigenvalue weighted by Gasteiger charge is 2.23. The van der Waals surface area contributed by atoms with Crippen LogP contribution in [0, 0.1) is 11.6 Å². The van der Waals surface area contributed by atoms with E-state index in [1.165, 1.54) is 0 Å². The van der Waals surface area contributed by atoms with Gasteiger partial charge in [0.2, 0.25) is 11.8 Å². The molecule has 0 unspecified atom stereocenters. The van der Waals surface area contributed by atoms with Crippen LogP contribution in [-0.4, -0.2) is 10.2 Å². The van der Waals surface area contributed by atoms with Crippen molar-refractivity contribution in [3.8, 4) is 11.5 Å². The molecule has 0 atom stereocenters. The number of halogens is 2. The lowest BCUT2D eigenvalue weighted by Gasteiger charge is -2.11. The van der Waals surface area contributed by atoms with Crippen molar-refractivity contribution in [2.45, 2.75) is 26.2 Å². The van der Waals surface area contributed by atoms with Crippen molar-refractivity contribution in [2.75, 3.05) is 5.73 Å². The molecule has 0 saturated carbocycles. The van der Waals surface area contributed by atoms with Gasteiger partial charge in [-0.3, -0.25) is 0 Å². The van der Waals surface area contributed by atoms with Crippen molar-refractivity contribution in [3.63, 3.8) is 0 Å². The lowest BCUT2D eigenvalue weighted by Crippen LogP contribution is -2.11. The molecular formula is C12H13F2N3O. The summed E-state index contributed by atoms with van der Waals surface area (Å²) in [5.41, 5.74) is 5.53. The molecule has 6 heteroatoms. The Hall–Kier alpha value is -1.98. The molecule has 96 valence electrons. The number of rotatable bonds is 1. The van der Waals surface area contributed by atoms with Gasteiger partial charge in [-0.05, 0) is 6.07 Å². The Morgan fingerprint density at radius 2 is 1.72 bits per heavy atom. The number of nitrogen functional groups attached to an aromatic ring is 1. The van der Waals surface area contributed by atoms with Gasteiger partial charge >= 0.3 is 0 Å². The lowest BCUT2D eigenvalue weighted by molar-refractivity contribution is 0.399. The molecule has 0 saturated heterocycles. The van der Waals surface area contributed by atoms with Crippen LogP contribution in [0.3, 0.4) is 0 Å². The van der Waals surface area contributed by atoms with E-state index in [0.29, 0.717) is 5.89 Å². The van der Waals surface area contributed by atoms with E-state index >= 15 is 0 Å². The van der Waals surface area contributed by atoms with Gasteiger partial charge in [-0.25, -0.2) is 8.78 Å². The standard InChI is InChI=1S/C12H13F2N3O/c1-12(2,3)11-17-16-10(18-11)6-4-7(13)8(14)5-9(6)15/h4-5H,15H2,1-3H3. The van der Waals surface area contributed by atoms with Crippen LogP contribution in [0.25, 0.3) is 11.5 Å². The Morgan fingerprint density at radius 3 is 2.28 bits per heavy atom. The van der Waals surface area contributed by atoms with Crippen molar-refractivity contribution < 1.29 is 13.2 Å². The minimum absolute atomic E-state index is 0.0537. The first-order valence-corrected chi connectivity index (χ1v) is 5.38. The summed E-state index contributed by atoms with van der Waals surface area (Å²) in [4.78, 5) is 0. The summed E-state index contributed by atoms with van der Waals surface area (Å²) in [6.07, 6.45) is 0. The van der Waals surface area contributed by atoms with Crippen molar-refractivity contribution in [1.82, 2.24) is 10.2 Å². The average molecular weight is 253 g/mol. The predicted octanol–water partition coefficient (Wildman–Crippen LogP) is 2.89. The minimum Gasteiger partial charge on any atom is -0.420 e. The van der Waals surface area contributed by atoms with Crippen LogP contribution in [-0.2, 0) is 5.41 Å². The molecule has 4 nitrogen and oxygen atoms in total. The molecule has 0 bridgehead atoms. The topological polar surface area (TPSA) is 64.9 Å². The van der Waals surface area contributed by atoms with Gasteiger partial charge in [-0.2, -0.15) is 0 Å². The van der Waals surface area contributed by atoms with E-state index in [9.17, 15) is 8.78 Å². The fourth-order valence-corrected chi connectivity index (χ4v) is 1.38. The molecule has 2 rings (SSSR count). The summed E-state index contributed by atoms with van der Waals surface area (Å²) in [5, 5.41) is 7.67. The second kappa shape index (κ2) is 4.04. The summed E-state index contributed by atoms with van der Waals surface area (Å²) < 4.78 is 31.5. The summed E-state index contributed by atoms with van der Waals surface area (Å²) in [5.74, 6) is -1.53. The maximum Gasteiger partial charge on any atom is 0.249 e. The summed E-state index contributed by atoms with van der Waals surface area (Å²) >= 11 is 0. The first-order chi connectivity index (χ1) is 8.29. The van der Waals surface area contributed by atoms with Crippen LogP contribution in [0.2, 0.25) is 0 Å². The summed E-state index contributed by atoms with van der Waals surface area (Å²) in [7, 11) is 0. The van der Waals surface area contributed by atoms with Crippen molar-refractivity contribution in [3.05, 3.63) is 29.7 Å². The van der Waals surface area contributed by atoms with Crippen LogP contribution in [0.4, 0.5) is 14.5 Å². The highest BCUT2D eigenvalue weighted by molar-refractivity contribution is 5.70. The summed E-state index contributed by atoms with van der Waals surface area (Å²) in [6, 6.07) is 1.84. The van der Waals surface area contributed by atoms with Gasteiger partial charge in [0.05, 0.1) is 5.56 Å². The molecule has 0 radical (unpaired) electrons. The first kappa shape index (κ1) is 12.5. The van der Waals surface area contributed by atoms with Crippen LogP contribution in [0.5, 0.6) is 0 Å². The fraction of sp³-hybridized carbons (Fsp3) is 0.333. The molecule has 1 aromatic heterocycles. The van der Waals surface area contributed by atoms with Crippen LogP contribution in [0.15, 0.2) is 16.5 Å². The second-order valence-electron chi connectivity index (χ2n) is 5.02. The smallest absolute Gasteiger partial charge is 0.249 e. The average Bonchev–Trinajstić information content (AvgIpc) is 2.72. The number of hydrogen-bond donors (Lipinski definition) is 1. The number of aromatic nitrogens is 2. The largest absolute Gasteiger partial charge is 0.420 e. The van der Waals surface area contributed by atoms with Gasteiger partial charge in [-0.1, -0.05) is 20.8 Å². The lowest BCUT2D eigenvalue weighted by atomic mass is 9.97. The number of hydrogen-bond acceptors (Lipinski definition) is 4. The van der Waals surface area contributed by atoms with Gasteiger partial charge in [0.15, 0.2) is 11.6 Å². The normalized spacial score (nSPS) is 11.8. The molecule has 0 aliphatic carbocycles. The Labute approximate surface area is 103 Å². The van der Waals surface area contributed by atoms with Gasteiger partial charge in [0.1, 0.15) is 0 Å². The van der Waals surface area contributed by atoms with Gasteiger partial charge in [0.25, 0.3) is 0 Å². The van der Waals surface area contributed by atoms with Gasteiger partial charge in [-0.15, -0.1) is 10.2 Å². The van der Waals surface area contributed by atoms with E-state index in [1.807, 2.05) is 20.8 Å². The Kier molecular flexibility index (Phi) is 2.80. The van der Waals surface area contributed by atoms with E-state index in [-0.39, 0.29) is 22.6 Å². The molecule has 0 amide bonds. The number of benzene rings is 1. The van der Waals surface area contributed by atoms with E-state index < -0.39 is 11.6 Å². The molecule has 0 aliphatic heterocycles. The molecule has 1 aromatic carbocycles. The maximum absolute atomic E-state index is 13.2. The van der Waals surface area contributed by atoms with Gasteiger partial charge < -0.3 is 10.2 Å². The zero-order valence-electron chi connectivity index (χ0n) is 10.3. The molecule has 2 aromatic rings. The van der Waals surface area contributed by atoms with E-state index in [1.54, 1.807) is 0 Å². The highest BCUT2D eigenvalue weighted by atomic mass is 19.2. The molecule has 2 N–H and O–H groups in total. The molecule has 1 heterocycles. The third kappa shape index (κ3) is 2.18. The second-order valence-corrected chi connectivity index (χ2v) is 5.02. The molecule has 0 spiro atoms. The molecular weight excluding hydrogens is 240 g/mol. The quantitative estimate of drug-likeness (QED) is 0.793. The maximum atomic E-state index is 13.2. The molecule has 18 heavy (non-hydrogen) atoms. The number of anilines is 1. The third-order valence-electron chi connectivity index (χ3n) is 2.39. The highest BCUT2D eigenvalue weighted by Crippen LogP contribution is 2.29. The van der Waals surface area contributed by atoms with Crippen LogP contribution >= 0.6 is 0 Å². The Morgan fingerprint density at radius 1 is 1.11 bits per heavy atom. The zero-order valence-corrected chi connectivity index (χ0v) is 10.3. The predicted molar refractivity (Wildman–Crippen MR) is 62.8 cm³/mol. The molecule has 0 fully saturated rings. The Bertz CT molecular complexity index is 587. The summed E-state index contributed by atoms with van der Waals surface area (Å²) in [6.45, 7) is 5.71. The van der Waals surface area contributed by atoms with E-state index in [0.717, 1.165) is 12.1 Å². The minimum atomic E-state index is -1.01. The molecule has 0 aliphatic rings. The number of nitrogens with two attached hydrogens (primary N) is 1. The third-order valence-corrected chi connectivity index (χ3v) is 2.39. The van der Waals surface area contributed by atoms with Crippen LogP contribution in [0.1, 0.15) is 26.7 Å². The zero-order chi connectivity index (χ0) is 13.5. The fourth-order valence-electron chi connectivity index (χ4n) is 1.38. The van der Waals surface area contributed by atoms with Crippen molar-refractivity contribution in [1.29, 1.82) is 0 Å². The van der Waals surface area contributed by atoms with Gasteiger partial charge in [0, 0.05) is 17.2 Å². The monoisotopic (exact) mass is 253 g/mol.